The van der Waals surface area contributed by atoms with Crippen LogP contribution in [0.1, 0.15) is 19.8 Å². The Balaban J connectivity index is 0.00000338. The molecule has 2 rings (SSSR count). The van der Waals surface area contributed by atoms with Crippen LogP contribution in [0.25, 0.3) is 0 Å². The molecule has 1 aromatic rings. The van der Waals surface area contributed by atoms with Gasteiger partial charge in [-0.2, -0.15) is 0 Å². The second-order valence-corrected chi connectivity index (χ2v) is 5.89. The molecular formula is C18H30IN3O4. The number of guanidine groups is 1. The maximum atomic E-state index is 5.75. The molecule has 0 aromatic heterocycles. The number of aliphatic imine (C=N–C) groups is 1. The second-order valence-electron chi connectivity index (χ2n) is 5.89. The fourth-order valence-electron chi connectivity index (χ4n) is 2.75. The minimum absolute atomic E-state index is 0. The summed E-state index contributed by atoms with van der Waals surface area (Å²) >= 11 is 0. The van der Waals surface area contributed by atoms with E-state index in [0.717, 1.165) is 25.1 Å². The van der Waals surface area contributed by atoms with Crippen LogP contribution in [0, 0.1) is 0 Å². The van der Waals surface area contributed by atoms with E-state index in [1.54, 1.807) is 21.3 Å². The number of ether oxygens (including phenoxy) is 4. The first-order valence-corrected chi connectivity index (χ1v) is 8.56. The minimum Gasteiger partial charge on any atom is -0.493 e. The zero-order chi connectivity index (χ0) is 18.1. The molecule has 0 atom stereocenters. The van der Waals surface area contributed by atoms with Crippen molar-refractivity contribution in [1.29, 1.82) is 0 Å². The Morgan fingerprint density at radius 2 is 1.85 bits per heavy atom. The van der Waals surface area contributed by atoms with Crippen molar-refractivity contribution < 1.29 is 18.9 Å². The monoisotopic (exact) mass is 479 g/mol. The number of nitrogens with zero attached hydrogens (tertiary/aromatic N) is 1. The van der Waals surface area contributed by atoms with Gasteiger partial charge in [-0.1, -0.05) is 0 Å². The third kappa shape index (κ3) is 6.17. The lowest BCUT2D eigenvalue weighted by atomic mass is 9.94. The number of nitrogens with one attached hydrogen (secondary N) is 2. The van der Waals surface area contributed by atoms with Crippen molar-refractivity contribution in [2.75, 3.05) is 52.9 Å². The summed E-state index contributed by atoms with van der Waals surface area (Å²) < 4.78 is 21.8. The van der Waals surface area contributed by atoms with Crippen molar-refractivity contribution in [3.05, 3.63) is 18.2 Å². The van der Waals surface area contributed by atoms with E-state index in [9.17, 15) is 0 Å². The number of rotatable bonds is 7. The number of anilines is 1. The van der Waals surface area contributed by atoms with E-state index < -0.39 is 0 Å². The maximum Gasteiger partial charge on any atom is 0.195 e. The number of methoxy groups -OCH3 is 3. The molecule has 1 aliphatic heterocycles. The van der Waals surface area contributed by atoms with Gasteiger partial charge in [-0.15, -0.1) is 24.0 Å². The molecule has 0 amide bonds. The first-order chi connectivity index (χ1) is 12.2. The van der Waals surface area contributed by atoms with Crippen LogP contribution in [0.5, 0.6) is 11.5 Å². The van der Waals surface area contributed by atoms with Gasteiger partial charge in [0.15, 0.2) is 17.5 Å². The van der Waals surface area contributed by atoms with Crippen LogP contribution in [0.15, 0.2) is 23.2 Å². The summed E-state index contributed by atoms with van der Waals surface area (Å²) in [5.41, 5.74) is 0.619. The number of benzene rings is 1. The Bertz CT molecular complexity index is 578. The lowest BCUT2D eigenvalue weighted by Crippen LogP contribution is -2.42. The second kappa shape index (κ2) is 11.5. The van der Waals surface area contributed by atoms with Crippen molar-refractivity contribution in [3.63, 3.8) is 0 Å². The molecule has 0 aliphatic carbocycles. The molecule has 0 radical (unpaired) electrons. The Morgan fingerprint density at radius 3 is 2.42 bits per heavy atom. The van der Waals surface area contributed by atoms with E-state index in [0.29, 0.717) is 37.2 Å². The van der Waals surface area contributed by atoms with E-state index in [4.69, 9.17) is 23.9 Å². The van der Waals surface area contributed by atoms with Crippen LogP contribution in [-0.2, 0) is 9.47 Å². The van der Waals surface area contributed by atoms with Crippen LogP contribution in [0.2, 0.25) is 0 Å². The molecule has 1 aromatic carbocycles. The van der Waals surface area contributed by atoms with E-state index in [-0.39, 0.29) is 29.6 Å². The van der Waals surface area contributed by atoms with Gasteiger partial charge < -0.3 is 29.6 Å². The van der Waals surface area contributed by atoms with Gasteiger partial charge in [0.1, 0.15) is 0 Å². The molecule has 26 heavy (non-hydrogen) atoms. The summed E-state index contributed by atoms with van der Waals surface area (Å²) in [5.74, 6) is 2.06. The van der Waals surface area contributed by atoms with E-state index in [1.807, 2.05) is 25.1 Å². The van der Waals surface area contributed by atoms with E-state index >= 15 is 0 Å². The number of hydrogen-bond donors (Lipinski definition) is 2. The summed E-state index contributed by atoms with van der Waals surface area (Å²) in [6, 6.07) is 5.67. The lowest BCUT2D eigenvalue weighted by Gasteiger charge is -2.34. The number of hydrogen-bond acceptors (Lipinski definition) is 5. The largest absolute Gasteiger partial charge is 0.493 e. The predicted molar refractivity (Wildman–Crippen MR) is 114 cm³/mol. The number of halogens is 1. The molecule has 0 saturated carbocycles. The van der Waals surface area contributed by atoms with Gasteiger partial charge in [-0.25, -0.2) is 4.99 Å². The molecule has 7 nitrogen and oxygen atoms in total. The van der Waals surface area contributed by atoms with Crippen LogP contribution in [-0.4, -0.2) is 59.2 Å². The van der Waals surface area contributed by atoms with Gasteiger partial charge >= 0.3 is 0 Å². The fraction of sp³-hybridized carbons (Fsp3) is 0.611. The zero-order valence-electron chi connectivity index (χ0n) is 16.0. The van der Waals surface area contributed by atoms with Crippen LogP contribution < -0.4 is 20.1 Å². The first kappa shape index (κ1) is 22.8. The van der Waals surface area contributed by atoms with Gasteiger partial charge in [0, 0.05) is 51.5 Å². The Morgan fingerprint density at radius 1 is 1.15 bits per heavy atom. The van der Waals surface area contributed by atoms with Crippen molar-refractivity contribution in [2.24, 2.45) is 4.99 Å². The molecular weight excluding hydrogens is 449 g/mol. The van der Waals surface area contributed by atoms with Gasteiger partial charge in [0.25, 0.3) is 0 Å². The Kier molecular flexibility index (Phi) is 10.0. The molecule has 1 saturated heterocycles. The average molecular weight is 479 g/mol. The molecule has 1 aliphatic rings. The molecule has 1 fully saturated rings. The molecule has 0 spiro atoms. The highest BCUT2D eigenvalue weighted by molar-refractivity contribution is 14.0. The molecule has 0 bridgehead atoms. The quantitative estimate of drug-likeness (QED) is 0.356. The fourth-order valence-corrected chi connectivity index (χ4v) is 2.75. The van der Waals surface area contributed by atoms with Gasteiger partial charge in [0.05, 0.1) is 26.4 Å². The van der Waals surface area contributed by atoms with Crippen LogP contribution in [0.4, 0.5) is 5.69 Å². The standard InChI is InChI=1S/C18H29N3O4.HI/c1-5-19-17(20-13-18(24-4)8-10-25-11-9-18)21-14-6-7-15(22-2)16(12-14)23-3;/h6-7,12H,5,8-11,13H2,1-4H3,(H2,19,20,21);1H. The predicted octanol–water partition coefficient (Wildman–Crippen LogP) is 2.89. The SMILES string of the molecule is CCNC(=NCC1(OC)CCOCC1)Nc1ccc(OC)c(OC)c1.I. The third-order valence-corrected chi connectivity index (χ3v) is 4.35. The van der Waals surface area contributed by atoms with Crippen LogP contribution >= 0.6 is 24.0 Å². The summed E-state index contributed by atoms with van der Waals surface area (Å²) in [6.07, 6.45) is 1.70. The molecule has 8 heteroatoms. The lowest BCUT2D eigenvalue weighted by molar-refractivity contribution is -0.0828. The maximum absolute atomic E-state index is 5.75. The van der Waals surface area contributed by atoms with Crippen molar-refractivity contribution in [3.8, 4) is 11.5 Å². The molecule has 1 heterocycles. The summed E-state index contributed by atoms with van der Waals surface area (Å²) in [6.45, 7) is 4.80. The van der Waals surface area contributed by atoms with Gasteiger partial charge in [0.2, 0.25) is 0 Å². The van der Waals surface area contributed by atoms with Gasteiger partial charge in [-0.05, 0) is 19.1 Å². The smallest absolute Gasteiger partial charge is 0.195 e. The Hall–Kier alpha value is -1.26. The highest BCUT2D eigenvalue weighted by Gasteiger charge is 2.32. The molecule has 2 N–H and O–H groups in total. The molecule has 148 valence electrons. The summed E-state index contributed by atoms with van der Waals surface area (Å²) in [5, 5.41) is 6.56. The zero-order valence-corrected chi connectivity index (χ0v) is 18.3. The highest BCUT2D eigenvalue weighted by Crippen LogP contribution is 2.30. The average Bonchev–Trinajstić information content (AvgIpc) is 2.67. The van der Waals surface area contributed by atoms with Gasteiger partial charge in [-0.3, -0.25) is 0 Å². The topological polar surface area (TPSA) is 73.3 Å². The summed E-state index contributed by atoms with van der Waals surface area (Å²) in [4.78, 5) is 4.72. The third-order valence-electron chi connectivity index (χ3n) is 4.35. The molecule has 0 unspecified atom stereocenters. The minimum atomic E-state index is -0.252. The van der Waals surface area contributed by atoms with Crippen LogP contribution in [0.3, 0.4) is 0 Å². The normalized spacial score (nSPS) is 16.4. The highest BCUT2D eigenvalue weighted by atomic mass is 127. The van der Waals surface area contributed by atoms with Crippen molar-refractivity contribution in [2.45, 2.75) is 25.4 Å². The first-order valence-electron chi connectivity index (χ1n) is 8.56. The van der Waals surface area contributed by atoms with Crippen molar-refractivity contribution in [1.82, 2.24) is 5.32 Å². The van der Waals surface area contributed by atoms with Crippen molar-refractivity contribution >= 4 is 35.6 Å². The summed E-state index contributed by atoms with van der Waals surface area (Å²) in [7, 11) is 4.98. The van der Waals surface area contributed by atoms with E-state index in [1.165, 1.54) is 0 Å². The van der Waals surface area contributed by atoms with E-state index in [2.05, 4.69) is 10.6 Å². The Labute approximate surface area is 172 Å².